The Kier molecular flexibility index (Phi) is 7.02. The lowest BCUT2D eigenvalue weighted by atomic mass is 9.99. The van der Waals surface area contributed by atoms with E-state index >= 15 is 0 Å². The predicted octanol–water partition coefficient (Wildman–Crippen LogP) is 3.92. The number of hydrogen-bond donors (Lipinski definition) is 1. The second kappa shape index (κ2) is 10.1. The van der Waals surface area contributed by atoms with Crippen LogP contribution in [0.2, 0.25) is 0 Å². The molecule has 168 valence electrons. The summed E-state index contributed by atoms with van der Waals surface area (Å²) in [6, 6.07) is 16.1. The standard InChI is InChI=1S/C26H31N3O3/c1-18-7-6-8-20(25(18)32-3)17-29-13-11-19(16-29)24-15-22(26(30)27-12-14-31-2)21-9-4-5-10-23(21)28-24/h4-10,15,19H,11-14,16-17H2,1-3H3,(H,27,30)/t19-/m0/s1. The summed E-state index contributed by atoms with van der Waals surface area (Å²) in [4.78, 5) is 20.3. The lowest BCUT2D eigenvalue weighted by Gasteiger charge is -2.19. The number of amides is 1. The van der Waals surface area contributed by atoms with Gasteiger partial charge in [0.2, 0.25) is 0 Å². The van der Waals surface area contributed by atoms with Crippen LogP contribution in [-0.4, -0.2) is 56.3 Å². The zero-order chi connectivity index (χ0) is 22.5. The summed E-state index contributed by atoms with van der Waals surface area (Å²) in [5.41, 5.74) is 4.89. The van der Waals surface area contributed by atoms with Crippen LogP contribution < -0.4 is 10.1 Å². The average Bonchev–Trinajstić information content (AvgIpc) is 3.27. The molecule has 1 aliphatic heterocycles. The summed E-state index contributed by atoms with van der Waals surface area (Å²) in [6.07, 6.45) is 1.02. The van der Waals surface area contributed by atoms with Crippen LogP contribution in [0.1, 0.15) is 39.5 Å². The van der Waals surface area contributed by atoms with Gasteiger partial charge in [-0.15, -0.1) is 0 Å². The fourth-order valence-corrected chi connectivity index (χ4v) is 4.54. The molecule has 1 fully saturated rings. The number of rotatable bonds is 8. The van der Waals surface area contributed by atoms with E-state index in [4.69, 9.17) is 14.5 Å². The van der Waals surface area contributed by atoms with Crippen LogP contribution in [0, 0.1) is 6.92 Å². The van der Waals surface area contributed by atoms with Gasteiger partial charge in [-0.05, 0) is 37.6 Å². The maximum absolute atomic E-state index is 12.9. The molecule has 1 saturated heterocycles. The molecule has 4 rings (SSSR count). The molecule has 2 heterocycles. The van der Waals surface area contributed by atoms with E-state index in [0.29, 0.717) is 24.6 Å². The Labute approximate surface area is 189 Å². The van der Waals surface area contributed by atoms with Crippen molar-refractivity contribution < 1.29 is 14.3 Å². The van der Waals surface area contributed by atoms with Crippen molar-refractivity contribution in [2.24, 2.45) is 0 Å². The molecule has 1 N–H and O–H groups in total. The quantitative estimate of drug-likeness (QED) is 0.546. The number of pyridine rings is 1. The van der Waals surface area contributed by atoms with Gasteiger partial charge >= 0.3 is 0 Å². The summed E-state index contributed by atoms with van der Waals surface area (Å²) < 4.78 is 10.7. The van der Waals surface area contributed by atoms with E-state index in [1.807, 2.05) is 30.3 Å². The number of carbonyl (C=O) groups is 1. The van der Waals surface area contributed by atoms with Crippen molar-refractivity contribution >= 4 is 16.8 Å². The van der Waals surface area contributed by atoms with Crippen molar-refractivity contribution in [3.8, 4) is 5.75 Å². The second-order valence-corrected chi connectivity index (χ2v) is 8.35. The van der Waals surface area contributed by atoms with Gasteiger partial charge in [0.15, 0.2) is 0 Å². The highest BCUT2D eigenvalue weighted by Gasteiger charge is 2.27. The molecule has 32 heavy (non-hydrogen) atoms. The number of aromatic nitrogens is 1. The fourth-order valence-electron chi connectivity index (χ4n) is 4.54. The number of hydrogen-bond acceptors (Lipinski definition) is 5. The van der Waals surface area contributed by atoms with E-state index in [1.165, 1.54) is 5.56 Å². The van der Waals surface area contributed by atoms with Gasteiger partial charge in [0.05, 0.1) is 24.8 Å². The Morgan fingerprint density at radius 2 is 2.03 bits per heavy atom. The van der Waals surface area contributed by atoms with Gasteiger partial charge in [0.25, 0.3) is 5.91 Å². The first-order valence-corrected chi connectivity index (χ1v) is 11.1. The smallest absolute Gasteiger partial charge is 0.252 e. The van der Waals surface area contributed by atoms with Crippen molar-refractivity contribution in [1.29, 1.82) is 0 Å². The summed E-state index contributed by atoms with van der Waals surface area (Å²) in [5, 5.41) is 3.83. The van der Waals surface area contributed by atoms with E-state index in [2.05, 4.69) is 35.3 Å². The van der Waals surface area contributed by atoms with Crippen LogP contribution in [0.3, 0.4) is 0 Å². The number of nitrogens with one attached hydrogen (secondary N) is 1. The molecule has 1 atom stereocenters. The highest BCUT2D eigenvalue weighted by Crippen LogP contribution is 2.32. The number of fused-ring (bicyclic) bond motifs is 1. The number of nitrogens with zero attached hydrogens (tertiary/aromatic N) is 2. The molecule has 0 radical (unpaired) electrons. The number of likely N-dealkylation sites (tertiary alicyclic amines) is 1. The number of benzene rings is 2. The first-order chi connectivity index (χ1) is 15.6. The SMILES string of the molecule is COCCNC(=O)c1cc([C@H]2CCN(Cc3cccc(C)c3OC)C2)nc2ccccc12. The van der Waals surface area contributed by atoms with Crippen molar-refractivity contribution in [2.75, 3.05) is 40.5 Å². The zero-order valence-corrected chi connectivity index (χ0v) is 19.1. The van der Waals surface area contributed by atoms with Gasteiger partial charge in [-0.25, -0.2) is 0 Å². The molecule has 1 aromatic heterocycles. The first-order valence-electron chi connectivity index (χ1n) is 11.1. The minimum Gasteiger partial charge on any atom is -0.496 e. The van der Waals surface area contributed by atoms with Crippen LogP contribution in [0.4, 0.5) is 0 Å². The molecule has 1 amide bonds. The van der Waals surface area contributed by atoms with Gasteiger partial charge < -0.3 is 14.8 Å². The fraction of sp³-hybridized carbons (Fsp3) is 0.385. The van der Waals surface area contributed by atoms with E-state index in [0.717, 1.165) is 54.0 Å². The zero-order valence-electron chi connectivity index (χ0n) is 19.1. The van der Waals surface area contributed by atoms with Gasteiger partial charge in [0.1, 0.15) is 5.75 Å². The Morgan fingerprint density at radius 3 is 2.84 bits per heavy atom. The lowest BCUT2D eigenvalue weighted by Crippen LogP contribution is -2.27. The van der Waals surface area contributed by atoms with E-state index in [9.17, 15) is 4.79 Å². The predicted molar refractivity (Wildman–Crippen MR) is 126 cm³/mol. The maximum atomic E-state index is 12.9. The van der Waals surface area contributed by atoms with Gasteiger partial charge in [0, 0.05) is 49.3 Å². The number of para-hydroxylation sites is 2. The largest absolute Gasteiger partial charge is 0.496 e. The molecular weight excluding hydrogens is 402 g/mol. The van der Waals surface area contributed by atoms with Crippen molar-refractivity contribution in [3.63, 3.8) is 0 Å². The minimum absolute atomic E-state index is 0.0822. The topological polar surface area (TPSA) is 63.7 Å². The first kappa shape index (κ1) is 22.2. The monoisotopic (exact) mass is 433 g/mol. The molecular formula is C26H31N3O3. The van der Waals surface area contributed by atoms with Crippen LogP contribution >= 0.6 is 0 Å². The summed E-state index contributed by atoms with van der Waals surface area (Å²) >= 11 is 0. The van der Waals surface area contributed by atoms with E-state index in [1.54, 1.807) is 14.2 Å². The van der Waals surface area contributed by atoms with Crippen LogP contribution in [0.25, 0.3) is 10.9 Å². The second-order valence-electron chi connectivity index (χ2n) is 8.35. The van der Waals surface area contributed by atoms with Gasteiger partial charge in [-0.1, -0.05) is 36.4 Å². The Bertz CT molecular complexity index is 1100. The van der Waals surface area contributed by atoms with Crippen LogP contribution in [0.15, 0.2) is 48.5 Å². The third kappa shape index (κ3) is 4.76. The molecule has 0 unspecified atom stereocenters. The Hall–Kier alpha value is -2.96. The third-order valence-corrected chi connectivity index (χ3v) is 6.15. The molecule has 0 spiro atoms. The molecule has 3 aromatic rings. The number of methoxy groups -OCH3 is 2. The van der Waals surface area contributed by atoms with Crippen molar-refractivity contribution in [1.82, 2.24) is 15.2 Å². The van der Waals surface area contributed by atoms with E-state index < -0.39 is 0 Å². The molecule has 0 saturated carbocycles. The maximum Gasteiger partial charge on any atom is 0.252 e. The normalized spacial score (nSPS) is 16.4. The highest BCUT2D eigenvalue weighted by atomic mass is 16.5. The lowest BCUT2D eigenvalue weighted by molar-refractivity contribution is 0.0938. The highest BCUT2D eigenvalue weighted by molar-refractivity contribution is 6.06. The van der Waals surface area contributed by atoms with E-state index in [-0.39, 0.29) is 5.91 Å². The van der Waals surface area contributed by atoms with Crippen LogP contribution in [0.5, 0.6) is 5.75 Å². The Morgan fingerprint density at radius 1 is 1.19 bits per heavy atom. The molecule has 0 bridgehead atoms. The van der Waals surface area contributed by atoms with Gasteiger partial charge in [-0.3, -0.25) is 14.7 Å². The number of aryl methyl sites for hydroxylation is 1. The summed E-state index contributed by atoms with van der Waals surface area (Å²) in [5.74, 6) is 1.18. The number of carbonyl (C=O) groups excluding carboxylic acids is 1. The third-order valence-electron chi connectivity index (χ3n) is 6.15. The minimum atomic E-state index is -0.0822. The van der Waals surface area contributed by atoms with Gasteiger partial charge in [-0.2, -0.15) is 0 Å². The molecule has 6 nitrogen and oxygen atoms in total. The van der Waals surface area contributed by atoms with Crippen molar-refractivity contribution in [3.05, 3.63) is 70.9 Å². The summed E-state index contributed by atoms with van der Waals surface area (Å²) in [7, 11) is 3.36. The molecule has 2 aromatic carbocycles. The average molecular weight is 434 g/mol. The van der Waals surface area contributed by atoms with Crippen LogP contribution in [-0.2, 0) is 11.3 Å². The van der Waals surface area contributed by atoms with Crippen molar-refractivity contribution in [2.45, 2.75) is 25.8 Å². The number of ether oxygens (including phenoxy) is 2. The summed E-state index contributed by atoms with van der Waals surface area (Å²) in [6.45, 7) is 5.80. The molecule has 0 aliphatic carbocycles. The molecule has 6 heteroatoms. The molecule has 1 aliphatic rings. The Balaban J connectivity index is 1.55.